The molecule has 4 aromatic rings. The van der Waals surface area contributed by atoms with Crippen molar-refractivity contribution < 1.29 is 61.7 Å². The molecule has 234 valence electrons. The van der Waals surface area contributed by atoms with Gasteiger partial charge in [0.15, 0.2) is 34.7 Å². The first-order valence-corrected chi connectivity index (χ1v) is 15.8. The summed E-state index contributed by atoms with van der Waals surface area (Å²) in [5, 5.41) is 17.7. The molecule has 44 heavy (non-hydrogen) atoms. The molecule has 0 aliphatic rings. The lowest BCUT2D eigenvalue weighted by Gasteiger charge is -2.16. The molecule has 2 aromatic carbocycles. The number of hydrogen-bond donors (Lipinski definition) is 2. The predicted molar refractivity (Wildman–Crippen MR) is 158 cm³/mol. The van der Waals surface area contributed by atoms with Gasteiger partial charge in [-0.3, -0.25) is 19.2 Å². The van der Waals surface area contributed by atoms with E-state index in [0.29, 0.717) is 9.40 Å². The Labute approximate surface area is 259 Å². The zero-order valence-corrected chi connectivity index (χ0v) is 25.6. The third kappa shape index (κ3) is 7.38. The first-order valence-electron chi connectivity index (χ1n) is 12.6. The van der Waals surface area contributed by atoms with Crippen LogP contribution in [0.4, 0.5) is 8.78 Å². The van der Waals surface area contributed by atoms with Gasteiger partial charge in [-0.2, -0.15) is 0 Å². The molecule has 0 saturated carbocycles. The van der Waals surface area contributed by atoms with E-state index < -0.39 is 58.2 Å². The van der Waals surface area contributed by atoms with Crippen LogP contribution in [0.5, 0.6) is 23.0 Å². The summed E-state index contributed by atoms with van der Waals surface area (Å²) >= 11 is -0.0180. The van der Waals surface area contributed by atoms with E-state index in [9.17, 15) is 23.7 Å². The molecule has 0 aliphatic heterocycles. The number of hydrogen-bond acceptors (Lipinski definition) is 11. The second-order valence-corrected chi connectivity index (χ2v) is 12.6. The lowest BCUT2D eigenvalue weighted by molar-refractivity contribution is -0.137. The molecule has 0 radical (unpaired) electrons. The number of thiophene rings is 2. The van der Waals surface area contributed by atoms with Crippen LogP contribution in [0.1, 0.15) is 45.0 Å². The van der Waals surface area contributed by atoms with Gasteiger partial charge in [-0.1, -0.05) is 0 Å². The fourth-order valence-electron chi connectivity index (χ4n) is 4.02. The summed E-state index contributed by atoms with van der Waals surface area (Å²) in [6, 6.07) is 5.44. The number of halogens is 2. The first-order chi connectivity index (χ1) is 20.9. The van der Waals surface area contributed by atoms with Crippen LogP contribution >= 0.6 is 22.7 Å². The number of fused-ring (bicyclic) bond motifs is 2. The third-order valence-corrected chi connectivity index (χ3v) is 9.16. The van der Waals surface area contributed by atoms with E-state index in [2.05, 4.69) is 0 Å². The number of ketones is 2. The quantitative estimate of drug-likeness (QED) is 0.112. The Hall–Kier alpha value is -3.99. The molecule has 2 N–H and O–H groups in total. The minimum absolute atomic E-state index is 0.0307. The maximum atomic E-state index is 15.4. The van der Waals surface area contributed by atoms with Gasteiger partial charge in [-0.05, 0) is 12.1 Å². The van der Waals surface area contributed by atoms with Gasteiger partial charge in [0.2, 0.25) is 23.4 Å². The van der Waals surface area contributed by atoms with Crippen LogP contribution in [-0.4, -0.2) is 64.4 Å². The Kier molecular flexibility index (Phi) is 10.6. The number of carbonyl (C=O) groups is 4. The second kappa shape index (κ2) is 14.2. The van der Waals surface area contributed by atoms with Gasteiger partial charge in [0, 0.05) is 56.3 Å². The summed E-state index contributed by atoms with van der Waals surface area (Å²) in [7, 11) is 2.53. The Morgan fingerprint density at radius 2 is 1.11 bits per heavy atom. The van der Waals surface area contributed by atoms with E-state index in [0.717, 1.165) is 22.7 Å². The molecular weight excluding hydrogens is 646 g/mol. The number of carboxylic acids is 2. The van der Waals surface area contributed by atoms with E-state index in [-0.39, 0.29) is 69.2 Å². The minimum Gasteiger partial charge on any atom is -0.611 e. The van der Waals surface area contributed by atoms with Gasteiger partial charge in [0.05, 0.1) is 36.8 Å². The molecule has 11 nitrogen and oxygen atoms in total. The van der Waals surface area contributed by atoms with Crippen molar-refractivity contribution in [3.05, 3.63) is 45.7 Å². The molecule has 2 aromatic heterocycles. The molecule has 0 unspecified atom stereocenters. The zero-order valence-electron chi connectivity index (χ0n) is 23.1. The smallest absolute Gasteiger partial charge is 0.303 e. The highest BCUT2D eigenvalue weighted by Crippen LogP contribution is 2.42. The van der Waals surface area contributed by atoms with Gasteiger partial charge in [0.25, 0.3) is 0 Å². The van der Waals surface area contributed by atoms with Crippen LogP contribution in [0.25, 0.3) is 20.2 Å². The van der Waals surface area contributed by atoms with Gasteiger partial charge < -0.3 is 33.7 Å². The van der Waals surface area contributed by atoms with Crippen LogP contribution in [0.15, 0.2) is 24.3 Å². The van der Waals surface area contributed by atoms with Crippen molar-refractivity contribution in [2.75, 3.05) is 26.1 Å². The van der Waals surface area contributed by atoms with E-state index in [1.54, 1.807) is 0 Å². The number of benzene rings is 2. The molecule has 4 rings (SSSR count). The highest BCUT2D eigenvalue weighted by atomic mass is 32.2. The number of Topliss-reactive ketones (excluding diaryl/α,β-unsaturated/α-hetero) is 2. The molecule has 0 fully saturated rings. The molecule has 16 heteroatoms. The molecule has 0 amide bonds. The summed E-state index contributed by atoms with van der Waals surface area (Å²) < 4.78 is 65.6. The molecule has 0 bridgehead atoms. The third-order valence-electron chi connectivity index (χ3n) is 6.16. The van der Waals surface area contributed by atoms with Gasteiger partial charge in [0.1, 0.15) is 0 Å². The average Bonchev–Trinajstić information content (AvgIpc) is 3.62. The van der Waals surface area contributed by atoms with E-state index in [4.69, 9.17) is 29.2 Å². The van der Waals surface area contributed by atoms with Crippen LogP contribution in [-0.2, 0) is 20.8 Å². The van der Waals surface area contributed by atoms with Gasteiger partial charge >= 0.3 is 11.9 Å². The number of rotatable bonds is 16. The number of carbonyl (C=O) groups excluding carboxylic acids is 2. The Morgan fingerprint density at radius 3 is 1.45 bits per heavy atom. The number of methoxy groups -OCH3 is 2. The van der Waals surface area contributed by atoms with Crippen molar-refractivity contribution in [2.45, 2.75) is 25.7 Å². The van der Waals surface area contributed by atoms with Gasteiger partial charge in [-0.15, -0.1) is 22.7 Å². The van der Waals surface area contributed by atoms with Crippen molar-refractivity contribution in [2.24, 2.45) is 0 Å². The predicted octanol–water partition coefficient (Wildman–Crippen LogP) is 5.63. The number of aliphatic carboxylic acids is 2. The zero-order chi connectivity index (χ0) is 32.1. The summed E-state index contributed by atoms with van der Waals surface area (Å²) in [5.41, 5.74) is 0. The van der Waals surface area contributed by atoms with E-state index >= 15 is 8.78 Å². The monoisotopic (exact) mass is 670 g/mol. The molecular formula is C28H24F2O11S3. The molecule has 0 saturated heterocycles. The summed E-state index contributed by atoms with van der Waals surface area (Å²) in [6.45, 7) is 0. The van der Waals surface area contributed by atoms with Crippen molar-refractivity contribution in [1.29, 1.82) is 0 Å². The van der Waals surface area contributed by atoms with Crippen LogP contribution < -0.4 is 18.9 Å². The molecule has 2 heterocycles. The second-order valence-electron chi connectivity index (χ2n) is 9.09. The van der Waals surface area contributed by atoms with Crippen molar-refractivity contribution in [1.82, 2.24) is 0 Å². The Bertz CT molecular complexity index is 1620. The highest BCUT2D eigenvalue weighted by molar-refractivity contribution is 7.91. The van der Waals surface area contributed by atoms with Crippen LogP contribution in [0.2, 0.25) is 0 Å². The van der Waals surface area contributed by atoms with Crippen molar-refractivity contribution in [3.63, 3.8) is 0 Å². The normalized spacial score (nSPS) is 11.2. The maximum absolute atomic E-state index is 15.4. The van der Waals surface area contributed by atoms with Crippen LogP contribution in [0.3, 0.4) is 0 Å². The molecule has 0 spiro atoms. The largest absolute Gasteiger partial charge is 0.611 e. The van der Waals surface area contributed by atoms with Crippen LogP contribution in [0, 0.1) is 11.6 Å². The standard InChI is InChI=1S/C28H24F2O11S3/c1-38-17-9-19-13(7-21(42-19)15(31)3-5-23(33)34)25(29)27(17)40-11-44(37)12-41-28-18(39-2)10-20-14(26(28)30)8-22(43-20)16(32)4-6-24(35)36/h7-10H,3-6,11-12H2,1-2H3,(H,33,34)(H,35,36). The average molecular weight is 671 g/mol. The minimum atomic E-state index is -1.95. The van der Waals surface area contributed by atoms with E-state index in [1.807, 2.05) is 0 Å². The first kappa shape index (κ1) is 32.9. The topological polar surface area (TPSA) is 169 Å². The summed E-state index contributed by atoms with van der Waals surface area (Å²) in [6.07, 6.45) is -1.24. The number of ether oxygens (including phenoxy) is 4. The Morgan fingerprint density at radius 1 is 0.727 bits per heavy atom. The fraction of sp³-hybridized carbons (Fsp3) is 0.286. The Balaban J connectivity index is 1.47. The van der Waals surface area contributed by atoms with E-state index in [1.165, 1.54) is 38.5 Å². The fourth-order valence-corrected chi connectivity index (χ4v) is 6.69. The summed E-state index contributed by atoms with van der Waals surface area (Å²) in [4.78, 5) is 46.5. The lowest BCUT2D eigenvalue weighted by Crippen LogP contribution is -2.20. The number of carboxylic acid groups (broad SMARTS) is 2. The van der Waals surface area contributed by atoms with Crippen molar-refractivity contribution in [3.8, 4) is 23.0 Å². The maximum Gasteiger partial charge on any atom is 0.303 e. The summed E-state index contributed by atoms with van der Waals surface area (Å²) in [5.74, 6) is -6.95. The lowest BCUT2D eigenvalue weighted by atomic mass is 10.1. The van der Waals surface area contributed by atoms with Gasteiger partial charge in [-0.25, -0.2) is 8.78 Å². The van der Waals surface area contributed by atoms with Crippen molar-refractivity contribution >= 4 is 77.5 Å². The highest BCUT2D eigenvalue weighted by Gasteiger charge is 2.24. The molecule has 0 atom stereocenters. The SMILES string of the molecule is COc1cc2sc(C(=O)CCC(=O)O)cc2c(F)c1OC[S+]([O-])COc1c(OC)cc2sc(C(=O)CCC(=O)O)cc2c1F. The molecule has 0 aliphatic carbocycles.